The molecular weight excluding hydrogens is 296 g/mol. The average molecular weight is 311 g/mol. The molecule has 21 heavy (non-hydrogen) atoms. The molecule has 6 nitrogen and oxygen atoms in total. The molecule has 0 saturated carbocycles. The Bertz CT molecular complexity index is 638. The monoisotopic (exact) mass is 310 g/mol. The summed E-state index contributed by atoms with van der Waals surface area (Å²) in [6.07, 6.45) is 0. The number of hydrogen-bond acceptors (Lipinski definition) is 3. The number of carbonyl (C=O) groups is 3. The summed E-state index contributed by atoms with van der Waals surface area (Å²) in [5.74, 6) is -1.99. The Balaban J connectivity index is 2.79. The van der Waals surface area contributed by atoms with Crippen LogP contribution in [0, 0.1) is 6.92 Å². The Morgan fingerprint density at radius 1 is 1.14 bits per heavy atom. The van der Waals surface area contributed by atoms with Crippen LogP contribution in [0.1, 0.15) is 19.4 Å². The highest BCUT2D eigenvalue weighted by Crippen LogP contribution is 2.22. The molecule has 0 aromatic heterocycles. The van der Waals surface area contributed by atoms with Crippen molar-refractivity contribution in [1.82, 2.24) is 5.32 Å². The highest BCUT2D eigenvalue weighted by molar-refractivity contribution is 6.31. The van der Waals surface area contributed by atoms with E-state index in [0.29, 0.717) is 16.3 Å². The van der Waals surface area contributed by atoms with E-state index < -0.39 is 17.9 Å². The van der Waals surface area contributed by atoms with E-state index in [2.05, 4.69) is 10.6 Å². The molecule has 1 rings (SSSR count). The quantitative estimate of drug-likeness (QED) is 0.748. The summed E-state index contributed by atoms with van der Waals surface area (Å²) in [5, 5.41) is 13.8. The van der Waals surface area contributed by atoms with Crippen molar-refractivity contribution < 1.29 is 19.5 Å². The summed E-state index contributed by atoms with van der Waals surface area (Å²) in [5.41, 5.74) is 0.958. The number of carboxylic acid groups (broad SMARTS) is 1. The van der Waals surface area contributed by atoms with Gasteiger partial charge in [0.05, 0.1) is 0 Å². The van der Waals surface area contributed by atoms with Gasteiger partial charge >= 0.3 is 12.0 Å². The standard InChI is InChI=1S/C14H15ClN2O4/c1-7(8(2)13(19)20)12(18)17-14(21)16-11-6-4-5-10(15)9(11)3/h4-6H,1-3H3,(H,19,20)(H2,16,17,18,21). The van der Waals surface area contributed by atoms with Gasteiger partial charge in [0.15, 0.2) is 0 Å². The van der Waals surface area contributed by atoms with Gasteiger partial charge < -0.3 is 10.4 Å². The Labute approximate surface area is 126 Å². The topological polar surface area (TPSA) is 95.5 Å². The van der Waals surface area contributed by atoms with Crippen LogP contribution >= 0.6 is 11.6 Å². The van der Waals surface area contributed by atoms with Crippen LogP contribution in [0.3, 0.4) is 0 Å². The van der Waals surface area contributed by atoms with Gasteiger partial charge in [0, 0.05) is 21.9 Å². The average Bonchev–Trinajstić information content (AvgIpc) is 2.41. The Morgan fingerprint density at radius 2 is 1.76 bits per heavy atom. The van der Waals surface area contributed by atoms with Gasteiger partial charge in [-0.05, 0) is 38.5 Å². The third-order valence-electron chi connectivity index (χ3n) is 2.97. The molecule has 0 aliphatic heterocycles. The molecule has 0 radical (unpaired) electrons. The number of amides is 3. The van der Waals surface area contributed by atoms with Crippen LogP contribution in [0.25, 0.3) is 0 Å². The number of imide groups is 1. The summed E-state index contributed by atoms with van der Waals surface area (Å²) in [6, 6.07) is 4.21. The summed E-state index contributed by atoms with van der Waals surface area (Å²) < 4.78 is 0. The molecule has 0 atom stereocenters. The van der Waals surface area contributed by atoms with Gasteiger partial charge in [-0.25, -0.2) is 9.59 Å². The van der Waals surface area contributed by atoms with Gasteiger partial charge in [-0.2, -0.15) is 0 Å². The van der Waals surface area contributed by atoms with Gasteiger partial charge in [-0.15, -0.1) is 0 Å². The van der Waals surface area contributed by atoms with Crippen LogP contribution in [-0.2, 0) is 9.59 Å². The smallest absolute Gasteiger partial charge is 0.331 e. The second-order valence-electron chi connectivity index (χ2n) is 4.38. The van der Waals surface area contributed by atoms with Crippen LogP contribution in [0.5, 0.6) is 0 Å². The second kappa shape index (κ2) is 6.90. The van der Waals surface area contributed by atoms with Crippen molar-refractivity contribution in [1.29, 1.82) is 0 Å². The molecule has 1 aromatic rings. The van der Waals surface area contributed by atoms with Crippen LogP contribution in [0.4, 0.5) is 10.5 Å². The molecule has 0 fully saturated rings. The van der Waals surface area contributed by atoms with E-state index in [4.69, 9.17) is 16.7 Å². The lowest BCUT2D eigenvalue weighted by Gasteiger charge is -2.10. The minimum Gasteiger partial charge on any atom is -0.478 e. The zero-order valence-electron chi connectivity index (χ0n) is 11.8. The van der Waals surface area contributed by atoms with Gasteiger partial charge in [-0.3, -0.25) is 10.1 Å². The van der Waals surface area contributed by atoms with E-state index >= 15 is 0 Å². The lowest BCUT2D eigenvalue weighted by molar-refractivity contribution is -0.133. The summed E-state index contributed by atoms with van der Waals surface area (Å²) >= 11 is 5.92. The number of rotatable bonds is 3. The Morgan fingerprint density at radius 3 is 2.33 bits per heavy atom. The predicted molar refractivity (Wildman–Crippen MR) is 79.4 cm³/mol. The van der Waals surface area contributed by atoms with Crippen molar-refractivity contribution in [3.8, 4) is 0 Å². The molecule has 0 aliphatic rings. The fourth-order valence-electron chi connectivity index (χ4n) is 1.42. The van der Waals surface area contributed by atoms with E-state index in [1.807, 2.05) is 0 Å². The number of carbonyl (C=O) groups excluding carboxylic acids is 2. The van der Waals surface area contributed by atoms with Crippen LogP contribution in [0.15, 0.2) is 29.3 Å². The summed E-state index contributed by atoms with van der Waals surface area (Å²) in [4.78, 5) is 34.2. The number of hydrogen-bond donors (Lipinski definition) is 3. The third kappa shape index (κ3) is 4.32. The van der Waals surface area contributed by atoms with Crippen molar-refractivity contribution >= 4 is 35.2 Å². The molecule has 0 bridgehead atoms. The van der Waals surface area contributed by atoms with E-state index in [1.165, 1.54) is 13.8 Å². The maximum atomic E-state index is 11.7. The third-order valence-corrected chi connectivity index (χ3v) is 3.38. The zero-order valence-corrected chi connectivity index (χ0v) is 12.5. The van der Waals surface area contributed by atoms with Crippen molar-refractivity contribution in [2.75, 3.05) is 5.32 Å². The maximum absolute atomic E-state index is 11.7. The minimum atomic E-state index is -1.21. The number of urea groups is 1. The summed E-state index contributed by atoms with van der Waals surface area (Å²) in [6.45, 7) is 4.34. The molecule has 0 spiro atoms. The SMILES string of the molecule is CC(C(=O)O)=C(C)C(=O)NC(=O)Nc1cccc(Cl)c1C. The first-order valence-corrected chi connectivity index (χ1v) is 6.40. The molecule has 7 heteroatoms. The Kier molecular flexibility index (Phi) is 5.49. The molecule has 3 N–H and O–H groups in total. The van der Waals surface area contributed by atoms with E-state index in [9.17, 15) is 14.4 Å². The zero-order chi connectivity index (χ0) is 16.2. The number of aliphatic carboxylic acids is 1. The molecular formula is C14H15ClN2O4. The highest BCUT2D eigenvalue weighted by Gasteiger charge is 2.15. The largest absolute Gasteiger partial charge is 0.478 e. The van der Waals surface area contributed by atoms with Crippen molar-refractivity contribution in [2.24, 2.45) is 0 Å². The normalized spacial score (nSPS) is 11.4. The van der Waals surface area contributed by atoms with E-state index in [1.54, 1.807) is 25.1 Å². The number of benzene rings is 1. The van der Waals surface area contributed by atoms with Crippen LogP contribution in [0.2, 0.25) is 5.02 Å². The fraction of sp³-hybridized carbons (Fsp3) is 0.214. The van der Waals surface area contributed by atoms with Gasteiger partial charge in [-0.1, -0.05) is 17.7 Å². The van der Waals surface area contributed by atoms with Crippen molar-refractivity contribution in [2.45, 2.75) is 20.8 Å². The fourth-order valence-corrected chi connectivity index (χ4v) is 1.60. The number of anilines is 1. The minimum absolute atomic E-state index is 0.0412. The lowest BCUT2D eigenvalue weighted by Crippen LogP contribution is -2.35. The molecule has 0 aliphatic carbocycles. The first-order chi connectivity index (χ1) is 9.73. The van der Waals surface area contributed by atoms with Gasteiger partial charge in [0.2, 0.25) is 0 Å². The van der Waals surface area contributed by atoms with Crippen molar-refractivity contribution in [3.63, 3.8) is 0 Å². The van der Waals surface area contributed by atoms with Crippen LogP contribution in [-0.4, -0.2) is 23.0 Å². The van der Waals surface area contributed by atoms with Gasteiger partial charge in [0.1, 0.15) is 0 Å². The number of carboxylic acids is 1. The van der Waals surface area contributed by atoms with E-state index in [0.717, 1.165) is 0 Å². The maximum Gasteiger partial charge on any atom is 0.331 e. The van der Waals surface area contributed by atoms with Crippen LogP contribution < -0.4 is 10.6 Å². The Hall–Kier alpha value is -2.34. The molecule has 0 heterocycles. The van der Waals surface area contributed by atoms with Crippen molar-refractivity contribution in [3.05, 3.63) is 39.9 Å². The van der Waals surface area contributed by atoms with E-state index in [-0.39, 0.29) is 11.1 Å². The first-order valence-electron chi connectivity index (χ1n) is 6.02. The molecule has 0 unspecified atom stereocenters. The lowest BCUT2D eigenvalue weighted by atomic mass is 10.1. The number of halogens is 1. The second-order valence-corrected chi connectivity index (χ2v) is 4.78. The first kappa shape index (κ1) is 16.7. The summed E-state index contributed by atoms with van der Waals surface area (Å²) in [7, 11) is 0. The molecule has 0 saturated heterocycles. The molecule has 112 valence electrons. The number of nitrogens with one attached hydrogen (secondary N) is 2. The highest BCUT2D eigenvalue weighted by atomic mass is 35.5. The molecule has 1 aromatic carbocycles. The molecule has 3 amide bonds. The predicted octanol–water partition coefficient (Wildman–Crippen LogP) is 2.72. The van der Waals surface area contributed by atoms with Gasteiger partial charge in [0.25, 0.3) is 5.91 Å².